The molecule has 0 bridgehead atoms. The van der Waals surface area contributed by atoms with Crippen molar-refractivity contribution in [2.45, 2.75) is 38.6 Å². The van der Waals surface area contributed by atoms with Gasteiger partial charge in [0, 0.05) is 6.54 Å². The third kappa shape index (κ3) is 3.70. The van der Waals surface area contributed by atoms with Crippen molar-refractivity contribution in [1.29, 1.82) is 0 Å². The number of benzene rings is 2. The van der Waals surface area contributed by atoms with Crippen LogP contribution < -0.4 is 10.6 Å². The highest BCUT2D eigenvalue weighted by atomic mass is 35.5. The molecular weight excluding hydrogens is 339 g/mol. The summed E-state index contributed by atoms with van der Waals surface area (Å²) < 4.78 is 14.6. The van der Waals surface area contributed by atoms with Gasteiger partial charge in [0.1, 0.15) is 5.82 Å². The molecule has 1 heterocycles. The first-order chi connectivity index (χ1) is 11.7. The van der Waals surface area contributed by atoms with Gasteiger partial charge in [0.2, 0.25) is 5.91 Å². The van der Waals surface area contributed by atoms with Crippen molar-refractivity contribution in [3.8, 4) is 0 Å². The third-order valence-electron chi connectivity index (χ3n) is 5.01. The molecule has 0 aromatic heterocycles. The van der Waals surface area contributed by atoms with E-state index in [1.807, 2.05) is 12.1 Å². The largest absolute Gasteiger partial charge is 0.323 e. The lowest BCUT2D eigenvalue weighted by Crippen LogP contribution is -2.25. The van der Waals surface area contributed by atoms with Gasteiger partial charge >= 0.3 is 0 Å². The van der Waals surface area contributed by atoms with E-state index >= 15 is 0 Å². The van der Waals surface area contributed by atoms with Crippen LogP contribution in [0.15, 0.2) is 30.3 Å². The number of hydrogen-bond donors (Lipinski definition) is 2. The maximum absolute atomic E-state index is 14.6. The van der Waals surface area contributed by atoms with Crippen LogP contribution in [0.25, 0.3) is 0 Å². The second-order valence-corrected chi connectivity index (χ2v) is 6.67. The summed E-state index contributed by atoms with van der Waals surface area (Å²) in [5.41, 5.74) is 5.75. The molecule has 1 amide bonds. The first-order valence-electron chi connectivity index (χ1n) is 8.62. The van der Waals surface area contributed by atoms with Gasteiger partial charge in [-0.25, -0.2) is 4.39 Å². The predicted octanol–water partition coefficient (Wildman–Crippen LogP) is 3.56. The topological polar surface area (TPSA) is 41.1 Å². The molecule has 0 fully saturated rings. The van der Waals surface area contributed by atoms with Gasteiger partial charge in [0.15, 0.2) is 0 Å². The fourth-order valence-electron chi connectivity index (χ4n) is 3.75. The zero-order chi connectivity index (χ0) is 16.5. The fourth-order valence-corrected chi connectivity index (χ4v) is 3.75. The molecule has 0 unspecified atom stereocenters. The molecule has 2 aromatic rings. The van der Waals surface area contributed by atoms with Gasteiger partial charge in [-0.3, -0.25) is 4.79 Å². The molecule has 2 aliphatic rings. The van der Waals surface area contributed by atoms with Crippen LogP contribution in [0.3, 0.4) is 0 Å². The average molecular weight is 361 g/mol. The number of halogens is 2. The first kappa shape index (κ1) is 17.9. The Morgan fingerprint density at radius 2 is 1.88 bits per heavy atom. The fraction of sp³-hybridized carbons (Fsp3) is 0.350. The lowest BCUT2D eigenvalue weighted by Gasteiger charge is -2.19. The van der Waals surface area contributed by atoms with E-state index in [0.29, 0.717) is 18.7 Å². The Bertz CT molecular complexity index is 807. The quantitative estimate of drug-likeness (QED) is 0.878. The number of amides is 1. The summed E-state index contributed by atoms with van der Waals surface area (Å²) in [6.07, 6.45) is 4.37. The number of hydrogen-bond acceptors (Lipinski definition) is 2. The minimum Gasteiger partial charge on any atom is -0.323 e. The molecule has 2 aromatic carbocycles. The van der Waals surface area contributed by atoms with E-state index in [4.69, 9.17) is 0 Å². The number of carbonyl (C=O) groups excluding carboxylic acids is 1. The molecule has 4 rings (SSSR count). The van der Waals surface area contributed by atoms with E-state index in [1.165, 1.54) is 17.5 Å². The lowest BCUT2D eigenvalue weighted by atomic mass is 9.99. The van der Waals surface area contributed by atoms with Gasteiger partial charge in [-0.2, -0.15) is 0 Å². The highest BCUT2D eigenvalue weighted by molar-refractivity contribution is 5.92. The maximum Gasteiger partial charge on any atom is 0.228 e. The van der Waals surface area contributed by atoms with E-state index < -0.39 is 0 Å². The molecule has 0 atom stereocenters. The van der Waals surface area contributed by atoms with Crippen molar-refractivity contribution in [2.24, 2.45) is 0 Å². The molecule has 0 spiro atoms. The molecule has 1 aliphatic carbocycles. The number of rotatable bonds is 3. The summed E-state index contributed by atoms with van der Waals surface area (Å²) in [4.78, 5) is 12.3. The number of nitrogens with one attached hydrogen (secondary N) is 2. The second-order valence-electron chi connectivity index (χ2n) is 6.67. The predicted molar refractivity (Wildman–Crippen MR) is 99.9 cm³/mol. The Balaban J connectivity index is 0.00000182. The molecule has 0 saturated heterocycles. The Hall–Kier alpha value is -1.91. The monoisotopic (exact) mass is 360 g/mol. The van der Waals surface area contributed by atoms with Crippen molar-refractivity contribution < 1.29 is 9.18 Å². The van der Waals surface area contributed by atoms with Crippen LogP contribution in [-0.4, -0.2) is 12.5 Å². The zero-order valence-corrected chi connectivity index (χ0v) is 14.8. The molecule has 1 aliphatic heterocycles. The van der Waals surface area contributed by atoms with Gasteiger partial charge in [-0.15, -0.1) is 12.4 Å². The summed E-state index contributed by atoms with van der Waals surface area (Å²) in [7, 11) is 0. The van der Waals surface area contributed by atoms with Crippen LogP contribution in [-0.2, 0) is 37.0 Å². The molecule has 0 radical (unpaired) electrons. The molecule has 0 saturated carbocycles. The number of aryl methyl sites for hydroxylation is 2. The van der Waals surface area contributed by atoms with E-state index in [1.54, 1.807) is 6.07 Å². The maximum atomic E-state index is 14.6. The van der Waals surface area contributed by atoms with E-state index in [9.17, 15) is 9.18 Å². The smallest absolute Gasteiger partial charge is 0.228 e. The van der Waals surface area contributed by atoms with Crippen LogP contribution in [0.5, 0.6) is 0 Å². The van der Waals surface area contributed by atoms with Gasteiger partial charge in [0.05, 0.1) is 12.1 Å². The van der Waals surface area contributed by atoms with Crippen LogP contribution in [0, 0.1) is 5.82 Å². The Morgan fingerprint density at radius 1 is 1.08 bits per heavy atom. The highest BCUT2D eigenvalue weighted by Gasteiger charge is 2.18. The highest BCUT2D eigenvalue weighted by Crippen LogP contribution is 2.25. The van der Waals surface area contributed by atoms with Crippen LogP contribution in [0.1, 0.15) is 34.2 Å². The van der Waals surface area contributed by atoms with E-state index in [-0.39, 0.29) is 30.6 Å². The average Bonchev–Trinajstić information content (AvgIpc) is 3.05. The third-order valence-corrected chi connectivity index (χ3v) is 5.01. The zero-order valence-electron chi connectivity index (χ0n) is 14.0. The van der Waals surface area contributed by atoms with Crippen molar-refractivity contribution >= 4 is 24.0 Å². The molecular formula is C20H22ClFN2O. The first-order valence-corrected chi connectivity index (χ1v) is 8.62. The van der Waals surface area contributed by atoms with Crippen LogP contribution in [0.2, 0.25) is 0 Å². The normalized spacial score (nSPS) is 15.1. The Morgan fingerprint density at radius 3 is 2.76 bits per heavy atom. The Labute approximate surface area is 153 Å². The van der Waals surface area contributed by atoms with E-state index in [2.05, 4.69) is 22.8 Å². The van der Waals surface area contributed by atoms with Crippen molar-refractivity contribution in [2.75, 3.05) is 11.9 Å². The Kier molecular flexibility index (Phi) is 5.40. The second kappa shape index (κ2) is 7.54. The summed E-state index contributed by atoms with van der Waals surface area (Å²) in [5.74, 6) is -0.447. The summed E-state index contributed by atoms with van der Waals surface area (Å²) >= 11 is 0. The summed E-state index contributed by atoms with van der Waals surface area (Å²) in [5, 5.41) is 5.97. The van der Waals surface area contributed by atoms with Crippen molar-refractivity contribution in [3.63, 3.8) is 0 Å². The minimum atomic E-state index is -0.281. The molecule has 5 heteroatoms. The SMILES string of the molecule is Cl.O=C(Cc1ccc2c(c1)CCC2)Nc1ccc2c(c1F)CCNC2. The molecule has 132 valence electrons. The number of anilines is 1. The van der Waals surface area contributed by atoms with Crippen LogP contribution in [0.4, 0.5) is 10.1 Å². The summed E-state index contributed by atoms with van der Waals surface area (Å²) in [6, 6.07) is 9.82. The van der Waals surface area contributed by atoms with Crippen LogP contribution >= 0.6 is 12.4 Å². The van der Waals surface area contributed by atoms with Gasteiger partial charge < -0.3 is 10.6 Å². The standard InChI is InChI=1S/C20H21FN2O.ClH/c21-20-17-8-9-22-12-16(17)6-7-18(20)23-19(24)11-13-4-5-14-2-1-3-15(14)10-13;/h4-7,10,22H,1-3,8-9,11-12H2,(H,23,24);1H. The van der Waals surface area contributed by atoms with Crippen molar-refractivity contribution in [3.05, 3.63) is 64.0 Å². The number of fused-ring (bicyclic) bond motifs is 2. The van der Waals surface area contributed by atoms with E-state index in [0.717, 1.165) is 36.1 Å². The molecule has 25 heavy (non-hydrogen) atoms. The lowest BCUT2D eigenvalue weighted by molar-refractivity contribution is -0.115. The minimum absolute atomic E-state index is 0. The van der Waals surface area contributed by atoms with Gasteiger partial charge in [-0.1, -0.05) is 24.3 Å². The number of carbonyl (C=O) groups is 1. The van der Waals surface area contributed by atoms with Crippen molar-refractivity contribution in [1.82, 2.24) is 5.32 Å². The summed E-state index contributed by atoms with van der Waals surface area (Å²) in [6.45, 7) is 1.46. The van der Waals surface area contributed by atoms with Gasteiger partial charge in [-0.05, 0) is 66.1 Å². The molecule has 2 N–H and O–H groups in total. The molecule has 3 nitrogen and oxygen atoms in total. The van der Waals surface area contributed by atoms with Gasteiger partial charge in [0.25, 0.3) is 0 Å².